The van der Waals surface area contributed by atoms with E-state index in [0.717, 1.165) is 19.9 Å². The second kappa shape index (κ2) is 3.50. The summed E-state index contributed by atoms with van der Waals surface area (Å²) in [6.07, 6.45) is 0. The van der Waals surface area contributed by atoms with Crippen molar-refractivity contribution in [3.05, 3.63) is 28.8 Å². The van der Waals surface area contributed by atoms with Gasteiger partial charge in [-0.15, -0.1) is 24.0 Å². The minimum Gasteiger partial charge on any atom is -0.392 e. The van der Waals surface area contributed by atoms with Gasteiger partial charge >= 0.3 is 0 Å². The topological polar surface area (TPSA) is 20.2 Å². The van der Waals surface area contributed by atoms with Crippen LogP contribution in [0, 0.1) is 0 Å². The molecule has 0 saturated heterocycles. The summed E-state index contributed by atoms with van der Waals surface area (Å²) in [5, 5.41) is 10.8. The smallest absolute Gasteiger partial charge is 0.0695 e. The lowest BCUT2D eigenvalue weighted by molar-refractivity contribution is 0.283. The van der Waals surface area contributed by atoms with Crippen molar-refractivity contribution < 1.29 is 5.11 Å². The van der Waals surface area contributed by atoms with E-state index in [9.17, 15) is 0 Å². The van der Waals surface area contributed by atoms with Crippen molar-refractivity contribution in [2.24, 2.45) is 0 Å². The molecule has 1 aromatic heterocycles. The van der Waals surface area contributed by atoms with Gasteiger partial charge in [0.2, 0.25) is 0 Å². The van der Waals surface area contributed by atoms with Crippen LogP contribution in [-0.2, 0) is 6.61 Å². The summed E-state index contributed by atoms with van der Waals surface area (Å²) in [6.45, 7) is 0.0431. The third-order valence-corrected chi connectivity index (χ3v) is 3.61. The molecule has 0 fully saturated rings. The van der Waals surface area contributed by atoms with Crippen LogP contribution in [0.5, 0.6) is 0 Å². The molecule has 13 heavy (non-hydrogen) atoms. The van der Waals surface area contributed by atoms with Crippen LogP contribution in [0.1, 0.15) is 5.56 Å². The number of thiol groups is 1. The molecule has 0 radical (unpaired) electrons. The van der Waals surface area contributed by atoms with Crippen LogP contribution in [0.15, 0.2) is 22.4 Å². The fraction of sp³-hybridized carbons (Fsp3) is 0.111. The standard InChI is InChI=1S/C9H7ClOS2/c10-7-2-1-5(4-11)9-6(7)3-8(12)13-9/h1-3,11-12H,4H2. The van der Waals surface area contributed by atoms with E-state index in [4.69, 9.17) is 16.7 Å². The summed E-state index contributed by atoms with van der Waals surface area (Å²) in [5.41, 5.74) is 0.907. The summed E-state index contributed by atoms with van der Waals surface area (Å²) < 4.78 is 1.94. The number of hydrogen-bond acceptors (Lipinski definition) is 3. The quantitative estimate of drug-likeness (QED) is 0.720. The fourth-order valence-corrected chi connectivity index (χ4v) is 2.86. The molecule has 2 aromatic rings. The molecule has 2 rings (SSSR count). The molecular formula is C9H7ClOS2. The largest absolute Gasteiger partial charge is 0.392 e. The summed E-state index contributed by atoms with van der Waals surface area (Å²) in [5.74, 6) is 0. The minimum absolute atomic E-state index is 0.0431. The average molecular weight is 231 g/mol. The third-order valence-electron chi connectivity index (χ3n) is 1.87. The molecule has 0 aliphatic heterocycles. The first-order valence-electron chi connectivity index (χ1n) is 3.73. The van der Waals surface area contributed by atoms with Crippen molar-refractivity contribution in [3.63, 3.8) is 0 Å². The number of benzene rings is 1. The van der Waals surface area contributed by atoms with Gasteiger partial charge in [0.25, 0.3) is 0 Å². The van der Waals surface area contributed by atoms with Crippen LogP contribution in [0.3, 0.4) is 0 Å². The van der Waals surface area contributed by atoms with E-state index in [1.165, 1.54) is 11.3 Å². The molecular weight excluding hydrogens is 224 g/mol. The maximum absolute atomic E-state index is 9.07. The number of aliphatic hydroxyl groups excluding tert-OH is 1. The van der Waals surface area contributed by atoms with E-state index in [-0.39, 0.29) is 6.61 Å². The monoisotopic (exact) mass is 230 g/mol. The molecule has 1 nitrogen and oxygen atoms in total. The highest BCUT2D eigenvalue weighted by atomic mass is 35.5. The Morgan fingerprint density at radius 3 is 2.92 bits per heavy atom. The van der Waals surface area contributed by atoms with Crippen molar-refractivity contribution in [3.8, 4) is 0 Å². The predicted octanol–water partition coefficient (Wildman–Crippen LogP) is 3.34. The number of thiophene rings is 1. The molecule has 1 N–H and O–H groups in total. The molecule has 0 amide bonds. The molecule has 1 aromatic carbocycles. The molecule has 1 heterocycles. The van der Waals surface area contributed by atoms with Crippen LogP contribution in [0.4, 0.5) is 0 Å². The first-order valence-corrected chi connectivity index (χ1v) is 5.37. The molecule has 68 valence electrons. The first-order chi connectivity index (χ1) is 6.22. The van der Waals surface area contributed by atoms with Crippen molar-refractivity contribution in [2.45, 2.75) is 10.8 Å². The number of hydrogen-bond donors (Lipinski definition) is 2. The Labute approximate surface area is 90.4 Å². The van der Waals surface area contributed by atoms with Gasteiger partial charge in [0.15, 0.2) is 0 Å². The van der Waals surface area contributed by atoms with Gasteiger partial charge in [-0.1, -0.05) is 17.7 Å². The third kappa shape index (κ3) is 1.57. The lowest BCUT2D eigenvalue weighted by Crippen LogP contribution is -1.81. The van der Waals surface area contributed by atoms with Crippen molar-refractivity contribution in [1.82, 2.24) is 0 Å². The Morgan fingerprint density at radius 2 is 2.23 bits per heavy atom. The number of fused-ring (bicyclic) bond motifs is 1. The highest BCUT2D eigenvalue weighted by Crippen LogP contribution is 2.35. The van der Waals surface area contributed by atoms with Gasteiger partial charge in [0.1, 0.15) is 0 Å². The second-order valence-electron chi connectivity index (χ2n) is 2.69. The van der Waals surface area contributed by atoms with Gasteiger partial charge in [-0.2, -0.15) is 0 Å². The minimum atomic E-state index is 0.0431. The lowest BCUT2D eigenvalue weighted by atomic mass is 10.2. The van der Waals surface area contributed by atoms with Crippen LogP contribution >= 0.6 is 35.6 Å². The molecule has 0 aliphatic carbocycles. The number of rotatable bonds is 1. The average Bonchev–Trinajstić information content (AvgIpc) is 2.48. The molecule has 0 unspecified atom stereocenters. The van der Waals surface area contributed by atoms with E-state index < -0.39 is 0 Å². The van der Waals surface area contributed by atoms with E-state index in [2.05, 4.69) is 12.6 Å². The number of halogens is 1. The first kappa shape index (κ1) is 9.34. The number of aliphatic hydroxyl groups is 1. The van der Waals surface area contributed by atoms with Gasteiger partial charge in [0, 0.05) is 15.1 Å². The predicted molar refractivity (Wildman–Crippen MR) is 60.0 cm³/mol. The Bertz CT molecular complexity index is 450. The van der Waals surface area contributed by atoms with Crippen LogP contribution < -0.4 is 0 Å². The van der Waals surface area contributed by atoms with Crippen LogP contribution in [-0.4, -0.2) is 5.11 Å². The zero-order chi connectivity index (χ0) is 9.42. The summed E-state index contributed by atoms with van der Waals surface area (Å²) >= 11 is 11.8. The maximum Gasteiger partial charge on any atom is 0.0695 e. The van der Waals surface area contributed by atoms with Gasteiger partial charge in [-0.25, -0.2) is 0 Å². The Morgan fingerprint density at radius 1 is 1.46 bits per heavy atom. The lowest BCUT2D eigenvalue weighted by Gasteiger charge is -1.99. The van der Waals surface area contributed by atoms with Gasteiger partial charge < -0.3 is 5.11 Å². The van der Waals surface area contributed by atoms with Gasteiger partial charge in [0.05, 0.1) is 10.8 Å². The van der Waals surface area contributed by atoms with Crippen LogP contribution in [0.25, 0.3) is 10.1 Å². The summed E-state index contributed by atoms with van der Waals surface area (Å²) in [7, 11) is 0. The normalized spacial score (nSPS) is 11.0. The van der Waals surface area contributed by atoms with E-state index in [1.807, 2.05) is 12.1 Å². The Kier molecular flexibility index (Phi) is 2.51. The molecule has 0 bridgehead atoms. The Balaban J connectivity index is 2.83. The maximum atomic E-state index is 9.07. The summed E-state index contributed by atoms with van der Waals surface area (Å²) in [6, 6.07) is 5.56. The van der Waals surface area contributed by atoms with E-state index in [0.29, 0.717) is 5.02 Å². The SMILES string of the molecule is OCc1ccc(Cl)c2cc(S)sc12. The van der Waals surface area contributed by atoms with E-state index in [1.54, 1.807) is 6.07 Å². The highest BCUT2D eigenvalue weighted by Gasteiger charge is 2.07. The zero-order valence-corrected chi connectivity index (χ0v) is 9.09. The Hall–Kier alpha value is -0.220. The van der Waals surface area contributed by atoms with E-state index >= 15 is 0 Å². The molecule has 0 saturated carbocycles. The fourth-order valence-electron chi connectivity index (χ4n) is 1.26. The highest BCUT2D eigenvalue weighted by molar-refractivity contribution is 7.83. The summed E-state index contributed by atoms with van der Waals surface area (Å²) in [4.78, 5) is 0. The van der Waals surface area contributed by atoms with Crippen molar-refractivity contribution in [1.29, 1.82) is 0 Å². The molecule has 0 spiro atoms. The van der Waals surface area contributed by atoms with Crippen LogP contribution in [0.2, 0.25) is 5.02 Å². The molecule has 4 heteroatoms. The molecule has 0 aliphatic rings. The van der Waals surface area contributed by atoms with Crippen molar-refractivity contribution >= 4 is 45.7 Å². The zero-order valence-electron chi connectivity index (χ0n) is 6.62. The second-order valence-corrected chi connectivity index (χ2v) is 4.94. The van der Waals surface area contributed by atoms with Crippen molar-refractivity contribution in [2.75, 3.05) is 0 Å². The van der Waals surface area contributed by atoms with Gasteiger partial charge in [-0.05, 0) is 17.7 Å². The van der Waals surface area contributed by atoms with Gasteiger partial charge in [-0.3, -0.25) is 0 Å². The molecule has 0 atom stereocenters.